The number of nitrogens with zero attached hydrogens (tertiary/aromatic N) is 3. The van der Waals surface area contributed by atoms with Crippen LogP contribution in [0, 0.1) is 0 Å². The minimum absolute atomic E-state index is 0.00520. The Labute approximate surface area is 178 Å². The number of halogens is 2. The second kappa shape index (κ2) is 8.68. The third kappa shape index (κ3) is 4.27. The predicted molar refractivity (Wildman–Crippen MR) is 117 cm³/mol. The molecule has 1 aliphatic carbocycles. The third-order valence-corrected chi connectivity index (χ3v) is 6.43. The highest BCUT2D eigenvalue weighted by Crippen LogP contribution is 2.39. The normalized spacial score (nSPS) is 21.1. The Kier molecular flexibility index (Phi) is 6.04. The molecule has 2 heterocycles. The van der Waals surface area contributed by atoms with Crippen LogP contribution in [0.4, 0.5) is 5.69 Å². The number of hydrogen-bond donors (Lipinski definition) is 0. The Hall–Kier alpha value is -1.82. The van der Waals surface area contributed by atoms with Crippen molar-refractivity contribution in [1.29, 1.82) is 0 Å². The number of carbonyl (C=O) groups excluding carboxylic acids is 1. The van der Waals surface area contributed by atoms with Gasteiger partial charge < -0.3 is 0 Å². The topological polar surface area (TPSA) is 45.6 Å². The fourth-order valence-electron chi connectivity index (χ4n) is 3.50. The summed E-state index contributed by atoms with van der Waals surface area (Å²) in [4.78, 5) is 24.5. The molecule has 0 bridgehead atoms. The Morgan fingerprint density at radius 3 is 2.57 bits per heavy atom. The summed E-state index contributed by atoms with van der Waals surface area (Å²) in [7, 11) is 0. The smallest absolute Gasteiger partial charge is 0.267 e. The first-order valence-electron chi connectivity index (χ1n) is 9.30. The summed E-state index contributed by atoms with van der Waals surface area (Å²) in [5.41, 5.74) is 1.51. The molecule has 7 heteroatoms. The number of amidine groups is 1. The molecule has 0 atom stereocenters. The SMILES string of the molecule is O=C1/C(=C/c2ccc(Cl)cc2)SC(=Nc2cccnc2Cl)N1C1CCCCC1. The van der Waals surface area contributed by atoms with Crippen LogP contribution in [0.15, 0.2) is 52.5 Å². The van der Waals surface area contributed by atoms with Crippen molar-refractivity contribution >= 4 is 57.8 Å². The van der Waals surface area contributed by atoms with Crippen LogP contribution in [0.3, 0.4) is 0 Å². The second-order valence-corrected chi connectivity index (χ2v) is 8.64. The van der Waals surface area contributed by atoms with E-state index in [0.29, 0.717) is 25.9 Å². The van der Waals surface area contributed by atoms with E-state index < -0.39 is 0 Å². The molecule has 0 N–H and O–H groups in total. The van der Waals surface area contributed by atoms with Crippen molar-refractivity contribution in [3.8, 4) is 0 Å². The number of benzene rings is 1. The number of aromatic nitrogens is 1. The first-order valence-corrected chi connectivity index (χ1v) is 10.9. The Bertz CT molecular complexity index is 937. The number of hydrogen-bond acceptors (Lipinski definition) is 4. The number of pyridine rings is 1. The lowest BCUT2D eigenvalue weighted by Gasteiger charge is -2.30. The molecule has 1 saturated heterocycles. The van der Waals surface area contributed by atoms with Gasteiger partial charge >= 0.3 is 0 Å². The van der Waals surface area contributed by atoms with E-state index in [1.165, 1.54) is 18.2 Å². The molecular formula is C21H19Cl2N3OS. The molecular weight excluding hydrogens is 413 g/mol. The lowest BCUT2D eigenvalue weighted by molar-refractivity contribution is -0.124. The minimum Gasteiger partial charge on any atom is -0.283 e. The van der Waals surface area contributed by atoms with E-state index in [1.54, 1.807) is 12.3 Å². The molecule has 1 amide bonds. The zero-order chi connectivity index (χ0) is 19.5. The summed E-state index contributed by atoms with van der Waals surface area (Å²) < 4.78 is 0. The summed E-state index contributed by atoms with van der Waals surface area (Å²) in [6.07, 6.45) is 9.02. The van der Waals surface area contributed by atoms with Crippen LogP contribution in [-0.2, 0) is 4.79 Å². The van der Waals surface area contributed by atoms with Crippen molar-refractivity contribution in [3.05, 3.63) is 63.2 Å². The van der Waals surface area contributed by atoms with Crippen molar-refractivity contribution in [1.82, 2.24) is 9.88 Å². The van der Waals surface area contributed by atoms with Crippen LogP contribution in [-0.4, -0.2) is 27.0 Å². The summed E-state index contributed by atoms with van der Waals surface area (Å²) in [5.74, 6) is 0.00520. The van der Waals surface area contributed by atoms with Crippen LogP contribution in [0.1, 0.15) is 37.7 Å². The van der Waals surface area contributed by atoms with Gasteiger partial charge in [-0.1, -0.05) is 54.6 Å². The average Bonchev–Trinajstić information content (AvgIpc) is 3.01. The molecule has 144 valence electrons. The van der Waals surface area contributed by atoms with E-state index in [0.717, 1.165) is 31.2 Å². The largest absolute Gasteiger partial charge is 0.283 e. The molecule has 1 aliphatic heterocycles. The maximum atomic E-state index is 13.2. The molecule has 2 aliphatic rings. The Morgan fingerprint density at radius 2 is 1.86 bits per heavy atom. The maximum Gasteiger partial charge on any atom is 0.267 e. The van der Waals surface area contributed by atoms with Crippen molar-refractivity contribution in [3.63, 3.8) is 0 Å². The molecule has 1 aromatic heterocycles. The number of rotatable bonds is 3. The van der Waals surface area contributed by atoms with Gasteiger partial charge in [-0.3, -0.25) is 9.69 Å². The van der Waals surface area contributed by atoms with Gasteiger partial charge in [0.2, 0.25) is 0 Å². The summed E-state index contributed by atoms with van der Waals surface area (Å²) in [5, 5.41) is 1.68. The molecule has 4 nitrogen and oxygen atoms in total. The molecule has 0 spiro atoms. The van der Waals surface area contributed by atoms with E-state index in [4.69, 9.17) is 28.2 Å². The van der Waals surface area contributed by atoms with E-state index in [2.05, 4.69) is 4.98 Å². The van der Waals surface area contributed by atoms with Gasteiger partial charge in [-0.25, -0.2) is 9.98 Å². The monoisotopic (exact) mass is 431 g/mol. The molecule has 1 aromatic carbocycles. The van der Waals surface area contributed by atoms with Gasteiger partial charge in [-0.05, 0) is 60.5 Å². The van der Waals surface area contributed by atoms with Gasteiger partial charge in [-0.15, -0.1) is 0 Å². The third-order valence-electron chi connectivity index (χ3n) is 4.90. The molecule has 4 rings (SSSR count). The molecule has 0 unspecified atom stereocenters. The number of carbonyl (C=O) groups is 1. The van der Waals surface area contributed by atoms with Crippen LogP contribution in [0.25, 0.3) is 6.08 Å². The predicted octanol–water partition coefficient (Wildman–Crippen LogP) is 6.33. The molecule has 2 aromatic rings. The molecule has 0 radical (unpaired) electrons. The van der Waals surface area contributed by atoms with Crippen molar-refractivity contribution in [2.24, 2.45) is 4.99 Å². The summed E-state index contributed by atoms with van der Waals surface area (Å²) >= 11 is 13.6. The van der Waals surface area contributed by atoms with E-state index in [-0.39, 0.29) is 11.9 Å². The molecule has 28 heavy (non-hydrogen) atoms. The standard InChI is InChI=1S/C21H19Cl2N3OS/c22-15-10-8-14(9-11-15)13-18-20(27)26(16-5-2-1-3-6-16)21(28-18)25-17-7-4-12-24-19(17)23/h4,7-13,16H,1-3,5-6H2/b18-13-,25-21?. The highest BCUT2D eigenvalue weighted by Gasteiger charge is 2.38. The van der Waals surface area contributed by atoms with E-state index in [9.17, 15) is 4.79 Å². The molecule has 2 fully saturated rings. The maximum absolute atomic E-state index is 13.2. The first kappa shape index (κ1) is 19.5. The van der Waals surface area contributed by atoms with Gasteiger partial charge in [0.05, 0.1) is 4.91 Å². The lowest BCUT2D eigenvalue weighted by atomic mass is 9.94. The average molecular weight is 432 g/mol. The Morgan fingerprint density at radius 1 is 1.11 bits per heavy atom. The Balaban J connectivity index is 1.71. The van der Waals surface area contributed by atoms with Crippen molar-refractivity contribution in [2.45, 2.75) is 38.1 Å². The zero-order valence-electron chi connectivity index (χ0n) is 15.1. The van der Waals surface area contributed by atoms with Crippen LogP contribution >= 0.6 is 35.0 Å². The number of amides is 1. The fraction of sp³-hybridized carbons (Fsp3) is 0.286. The van der Waals surface area contributed by atoms with Crippen molar-refractivity contribution < 1.29 is 4.79 Å². The van der Waals surface area contributed by atoms with Crippen LogP contribution in [0.5, 0.6) is 0 Å². The quantitative estimate of drug-likeness (QED) is 0.421. The van der Waals surface area contributed by atoms with Gasteiger partial charge in [0, 0.05) is 17.3 Å². The van der Waals surface area contributed by atoms with Gasteiger partial charge in [-0.2, -0.15) is 0 Å². The lowest BCUT2D eigenvalue weighted by Crippen LogP contribution is -2.40. The summed E-state index contributed by atoms with van der Waals surface area (Å²) in [6.45, 7) is 0. The van der Waals surface area contributed by atoms with E-state index in [1.807, 2.05) is 41.3 Å². The zero-order valence-corrected chi connectivity index (χ0v) is 17.5. The van der Waals surface area contributed by atoms with Crippen LogP contribution in [0.2, 0.25) is 10.2 Å². The highest BCUT2D eigenvalue weighted by molar-refractivity contribution is 8.18. The van der Waals surface area contributed by atoms with Crippen LogP contribution < -0.4 is 0 Å². The van der Waals surface area contributed by atoms with E-state index >= 15 is 0 Å². The number of aliphatic imine (C=N–C) groups is 1. The van der Waals surface area contributed by atoms with Gasteiger partial charge in [0.1, 0.15) is 5.69 Å². The molecule has 1 saturated carbocycles. The highest BCUT2D eigenvalue weighted by atomic mass is 35.5. The number of thioether (sulfide) groups is 1. The van der Waals surface area contributed by atoms with Gasteiger partial charge in [0.25, 0.3) is 5.91 Å². The van der Waals surface area contributed by atoms with Gasteiger partial charge in [0.15, 0.2) is 10.3 Å². The fourth-order valence-corrected chi connectivity index (χ4v) is 4.84. The summed E-state index contributed by atoms with van der Waals surface area (Å²) in [6, 6.07) is 11.2. The minimum atomic E-state index is 0.00520. The van der Waals surface area contributed by atoms with Crippen molar-refractivity contribution in [2.75, 3.05) is 0 Å². The second-order valence-electron chi connectivity index (χ2n) is 6.84. The first-order chi connectivity index (χ1) is 13.6.